The van der Waals surface area contributed by atoms with Crippen LogP contribution in [0.25, 0.3) is 5.69 Å². The summed E-state index contributed by atoms with van der Waals surface area (Å²) < 4.78 is 12.2. The van der Waals surface area contributed by atoms with E-state index in [2.05, 4.69) is 5.10 Å². The van der Waals surface area contributed by atoms with E-state index >= 15 is 0 Å². The maximum atomic E-state index is 11.8. The van der Waals surface area contributed by atoms with Gasteiger partial charge in [0.2, 0.25) is 5.88 Å². The SMILES string of the molecule is CCCOc1cc(C(=O)OCC)nn1-c1ccccc1. The topological polar surface area (TPSA) is 53.4 Å². The van der Waals surface area contributed by atoms with Crippen LogP contribution in [0.1, 0.15) is 30.8 Å². The van der Waals surface area contributed by atoms with Crippen molar-refractivity contribution >= 4 is 5.97 Å². The highest BCUT2D eigenvalue weighted by Crippen LogP contribution is 2.20. The summed E-state index contributed by atoms with van der Waals surface area (Å²) in [5.41, 5.74) is 1.09. The molecule has 1 aromatic heterocycles. The fourth-order valence-corrected chi connectivity index (χ4v) is 1.73. The van der Waals surface area contributed by atoms with Crippen molar-refractivity contribution in [1.82, 2.24) is 9.78 Å². The molecule has 0 amide bonds. The molecular formula is C15H18N2O3. The molecule has 1 heterocycles. The van der Waals surface area contributed by atoms with Gasteiger partial charge >= 0.3 is 5.97 Å². The molecule has 0 aliphatic carbocycles. The van der Waals surface area contributed by atoms with Gasteiger partial charge < -0.3 is 9.47 Å². The number of hydrogen-bond donors (Lipinski definition) is 0. The summed E-state index contributed by atoms with van der Waals surface area (Å²) in [4.78, 5) is 11.8. The predicted octanol–water partition coefficient (Wildman–Crippen LogP) is 2.84. The number of carbonyl (C=O) groups excluding carboxylic acids is 1. The third-order valence-electron chi connectivity index (χ3n) is 2.62. The Hall–Kier alpha value is -2.30. The number of benzene rings is 1. The second-order valence-electron chi connectivity index (χ2n) is 4.18. The van der Waals surface area contributed by atoms with Crippen molar-refractivity contribution in [3.63, 3.8) is 0 Å². The second kappa shape index (κ2) is 6.75. The maximum absolute atomic E-state index is 11.8. The highest BCUT2D eigenvalue weighted by atomic mass is 16.5. The predicted molar refractivity (Wildman–Crippen MR) is 75.3 cm³/mol. The van der Waals surface area contributed by atoms with Crippen LogP contribution in [0.3, 0.4) is 0 Å². The van der Waals surface area contributed by atoms with E-state index in [-0.39, 0.29) is 5.69 Å². The van der Waals surface area contributed by atoms with Crippen molar-refractivity contribution in [2.24, 2.45) is 0 Å². The van der Waals surface area contributed by atoms with Crippen LogP contribution in [-0.2, 0) is 4.74 Å². The van der Waals surface area contributed by atoms with Crippen molar-refractivity contribution in [3.05, 3.63) is 42.1 Å². The highest BCUT2D eigenvalue weighted by Gasteiger charge is 2.17. The number of aromatic nitrogens is 2. The van der Waals surface area contributed by atoms with Crippen LogP contribution in [0, 0.1) is 0 Å². The fourth-order valence-electron chi connectivity index (χ4n) is 1.73. The fraction of sp³-hybridized carbons (Fsp3) is 0.333. The molecule has 1 aromatic carbocycles. The van der Waals surface area contributed by atoms with Crippen LogP contribution >= 0.6 is 0 Å². The molecule has 0 atom stereocenters. The molecule has 0 unspecified atom stereocenters. The Morgan fingerprint density at radius 1 is 1.25 bits per heavy atom. The molecular weight excluding hydrogens is 256 g/mol. The number of esters is 1. The first kappa shape index (κ1) is 14.1. The largest absolute Gasteiger partial charge is 0.478 e. The molecule has 0 bridgehead atoms. The summed E-state index contributed by atoms with van der Waals surface area (Å²) in [6.45, 7) is 4.68. The van der Waals surface area contributed by atoms with E-state index < -0.39 is 5.97 Å². The molecule has 0 radical (unpaired) electrons. The van der Waals surface area contributed by atoms with Crippen molar-refractivity contribution in [3.8, 4) is 11.6 Å². The normalized spacial score (nSPS) is 10.3. The number of ether oxygens (including phenoxy) is 2. The standard InChI is InChI=1S/C15H18N2O3/c1-3-10-20-14-11-13(15(18)19-4-2)16-17(14)12-8-6-5-7-9-12/h5-9,11H,3-4,10H2,1-2H3. The average molecular weight is 274 g/mol. The Balaban J connectivity index is 2.35. The Morgan fingerprint density at radius 3 is 2.65 bits per heavy atom. The second-order valence-corrected chi connectivity index (χ2v) is 4.18. The van der Waals surface area contributed by atoms with Crippen LogP contribution in [0.15, 0.2) is 36.4 Å². The van der Waals surface area contributed by atoms with E-state index in [1.807, 2.05) is 37.3 Å². The van der Waals surface area contributed by atoms with Crippen LogP contribution in [-0.4, -0.2) is 29.0 Å². The molecule has 0 spiro atoms. The van der Waals surface area contributed by atoms with Crippen LogP contribution in [0.4, 0.5) is 0 Å². The van der Waals surface area contributed by atoms with Crippen LogP contribution in [0.2, 0.25) is 0 Å². The van der Waals surface area contributed by atoms with Crippen molar-refractivity contribution in [2.75, 3.05) is 13.2 Å². The summed E-state index contributed by atoms with van der Waals surface area (Å²) in [7, 11) is 0. The summed E-state index contributed by atoms with van der Waals surface area (Å²) in [5.74, 6) is 0.102. The number of hydrogen-bond acceptors (Lipinski definition) is 4. The maximum Gasteiger partial charge on any atom is 0.358 e. The zero-order valence-corrected chi connectivity index (χ0v) is 11.7. The summed E-state index contributed by atoms with van der Waals surface area (Å²) >= 11 is 0. The van der Waals surface area contributed by atoms with Crippen LogP contribution < -0.4 is 4.74 Å². The molecule has 0 saturated carbocycles. The van der Waals surface area contributed by atoms with Crippen molar-refractivity contribution < 1.29 is 14.3 Å². The van der Waals surface area contributed by atoms with Gasteiger partial charge in [-0.3, -0.25) is 0 Å². The van der Waals surface area contributed by atoms with E-state index in [4.69, 9.17) is 9.47 Å². The summed E-state index contributed by atoms with van der Waals surface area (Å²) in [5, 5.41) is 4.27. The summed E-state index contributed by atoms with van der Waals surface area (Å²) in [6, 6.07) is 11.2. The minimum atomic E-state index is -0.441. The van der Waals surface area contributed by atoms with Crippen molar-refractivity contribution in [1.29, 1.82) is 0 Å². The van der Waals surface area contributed by atoms with E-state index in [9.17, 15) is 4.79 Å². The molecule has 5 nitrogen and oxygen atoms in total. The molecule has 20 heavy (non-hydrogen) atoms. The van der Waals surface area contributed by atoms with E-state index in [0.717, 1.165) is 12.1 Å². The monoisotopic (exact) mass is 274 g/mol. The van der Waals surface area contributed by atoms with Crippen molar-refractivity contribution in [2.45, 2.75) is 20.3 Å². The quantitative estimate of drug-likeness (QED) is 0.760. The lowest BCUT2D eigenvalue weighted by atomic mass is 10.3. The molecule has 2 aromatic rings. The van der Waals surface area contributed by atoms with Gasteiger partial charge in [0.05, 0.1) is 18.9 Å². The first-order valence-electron chi connectivity index (χ1n) is 6.71. The Labute approximate surface area is 118 Å². The van der Waals surface area contributed by atoms with Gasteiger partial charge in [-0.25, -0.2) is 9.48 Å². The lowest BCUT2D eigenvalue weighted by molar-refractivity contribution is 0.0519. The Kier molecular flexibility index (Phi) is 4.76. The molecule has 0 fully saturated rings. The average Bonchev–Trinajstić information content (AvgIpc) is 2.90. The third-order valence-corrected chi connectivity index (χ3v) is 2.62. The molecule has 0 aliphatic rings. The van der Waals surface area contributed by atoms with Crippen LogP contribution in [0.5, 0.6) is 5.88 Å². The zero-order valence-electron chi connectivity index (χ0n) is 11.7. The van der Waals surface area contributed by atoms with E-state index in [1.54, 1.807) is 17.7 Å². The molecule has 5 heteroatoms. The minimum Gasteiger partial charge on any atom is -0.478 e. The highest BCUT2D eigenvalue weighted by molar-refractivity contribution is 5.87. The molecule has 2 rings (SSSR count). The van der Waals surface area contributed by atoms with Gasteiger partial charge in [0.25, 0.3) is 0 Å². The minimum absolute atomic E-state index is 0.252. The van der Waals surface area contributed by atoms with Gasteiger partial charge in [0.15, 0.2) is 5.69 Å². The smallest absolute Gasteiger partial charge is 0.358 e. The lowest BCUT2D eigenvalue weighted by Crippen LogP contribution is -2.07. The van der Waals surface area contributed by atoms with E-state index in [0.29, 0.717) is 19.1 Å². The molecule has 0 aliphatic heterocycles. The van der Waals surface area contributed by atoms with Gasteiger partial charge in [-0.2, -0.15) is 5.10 Å². The zero-order chi connectivity index (χ0) is 14.4. The number of carbonyl (C=O) groups is 1. The number of rotatable bonds is 6. The molecule has 0 N–H and O–H groups in total. The third kappa shape index (κ3) is 3.17. The van der Waals surface area contributed by atoms with Gasteiger partial charge in [0, 0.05) is 6.07 Å². The Morgan fingerprint density at radius 2 is 2.00 bits per heavy atom. The lowest BCUT2D eigenvalue weighted by Gasteiger charge is -2.07. The first-order valence-corrected chi connectivity index (χ1v) is 6.71. The molecule has 0 saturated heterocycles. The van der Waals surface area contributed by atoms with Gasteiger partial charge in [-0.05, 0) is 25.5 Å². The Bertz CT molecular complexity index is 564. The van der Waals surface area contributed by atoms with Gasteiger partial charge in [0.1, 0.15) is 0 Å². The van der Waals surface area contributed by atoms with Gasteiger partial charge in [-0.1, -0.05) is 25.1 Å². The van der Waals surface area contributed by atoms with E-state index in [1.165, 1.54) is 0 Å². The van der Waals surface area contributed by atoms with Gasteiger partial charge in [-0.15, -0.1) is 0 Å². The first-order chi connectivity index (χ1) is 9.76. The number of nitrogens with zero attached hydrogens (tertiary/aromatic N) is 2. The number of para-hydroxylation sites is 1. The summed E-state index contributed by atoms with van der Waals surface area (Å²) in [6.07, 6.45) is 0.884. The molecule has 106 valence electrons.